The normalized spacial score (nSPS) is 13.8. The number of hydrogen-bond donors (Lipinski definition) is 2. The quantitative estimate of drug-likeness (QED) is 0.896. The summed E-state index contributed by atoms with van der Waals surface area (Å²) in [6.07, 6.45) is 5.11. The van der Waals surface area contributed by atoms with Crippen LogP contribution in [-0.2, 0) is 6.54 Å². The maximum atomic E-state index is 12.0. The molecule has 7 nitrogen and oxygen atoms in total. The standard InChI is InChI=1S/C15H15N5O2/c21-14-18-7-8-20(14)15(22)19-10-12-4-2-6-17-13(12)11-3-1-5-16-9-11/h1-6,9H,7-8,10H2,(H,18,21)(H,19,22). The Morgan fingerprint density at radius 1 is 1.32 bits per heavy atom. The second-order valence-corrected chi connectivity index (χ2v) is 4.80. The molecular weight excluding hydrogens is 282 g/mol. The number of aromatic nitrogens is 2. The summed E-state index contributed by atoms with van der Waals surface area (Å²) in [5.74, 6) is 0. The lowest BCUT2D eigenvalue weighted by Crippen LogP contribution is -2.41. The minimum Gasteiger partial charge on any atom is -0.336 e. The molecule has 0 spiro atoms. The van der Waals surface area contributed by atoms with Crippen molar-refractivity contribution in [2.75, 3.05) is 13.1 Å². The van der Waals surface area contributed by atoms with Gasteiger partial charge in [-0.2, -0.15) is 0 Å². The molecule has 112 valence electrons. The van der Waals surface area contributed by atoms with Crippen LogP contribution in [0.5, 0.6) is 0 Å². The number of carbonyl (C=O) groups excluding carboxylic acids is 2. The summed E-state index contributed by atoms with van der Waals surface area (Å²) in [5.41, 5.74) is 2.51. The zero-order valence-corrected chi connectivity index (χ0v) is 11.8. The number of urea groups is 2. The molecule has 0 unspecified atom stereocenters. The van der Waals surface area contributed by atoms with Gasteiger partial charge in [0.1, 0.15) is 0 Å². The summed E-state index contributed by atoms with van der Waals surface area (Å²) in [4.78, 5) is 33.0. The van der Waals surface area contributed by atoms with Crippen LogP contribution < -0.4 is 10.6 Å². The van der Waals surface area contributed by atoms with Crippen molar-refractivity contribution in [1.82, 2.24) is 25.5 Å². The molecule has 3 heterocycles. The van der Waals surface area contributed by atoms with Crippen molar-refractivity contribution in [2.24, 2.45) is 0 Å². The summed E-state index contributed by atoms with van der Waals surface area (Å²) >= 11 is 0. The van der Waals surface area contributed by atoms with E-state index in [2.05, 4.69) is 20.6 Å². The first-order chi connectivity index (χ1) is 10.8. The Balaban J connectivity index is 1.73. The predicted octanol–water partition coefficient (Wildman–Crippen LogP) is 1.38. The van der Waals surface area contributed by atoms with Gasteiger partial charge >= 0.3 is 12.1 Å². The highest BCUT2D eigenvalue weighted by atomic mass is 16.2. The van der Waals surface area contributed by atoms with Gasteiger partial charge < -0.3 is 10.6 Å². The van der Waals surface area contributed by atoms with Crippen LogP contribution in [0, 0.1) is 0 Å². The monoisotopic (exact) mass is 297 g/mol. The molecule has 0 saturated carbocycles. The third-order valence-electron chi connectivity index (χ3n) is 3.36. The first-order valence-electron chi connectivity index (χ1n) is 6.93. The lowest BCUT2D eigenvalue weighted by Gasteiger charge is -2.14. The van der Waals surface area contributed by atoms with E-state index in [1.54, 1.807) is 18.6 Å². The average Bonchev–Trinajstić information content (AvgIpc) is 3.00. The zero-order chi connectivity index (χ0) is 15.4. The Bertz CT molecular complexity index is 689. The molecule has 4 amide bonds. The maximum absolute atomic E-state index is 12.0. The van der Waals surface area contributed by atoms with Gasteiger partial charge in [0.05, 0.1) is 5.69 Å². The number of imide groups is 1. The number of carbonyl (C=O) groups is 2. The van der Waals surface area contributed by atoms with Gasteiger partial charge in [-0.3, -0.25) is 9.97 Å². The second kappa shape index (κ2) is 6.21. The largest absolute Gasteiger partial charge is 0.336 e. The number of nitrogens with one attached hydrogen (secondary N) is 2. The molecular formula is C15H15N5O2. The van der Waals surface area contributed by atoms with Crippen LogP contribution in [-0.4, -0.2) is 40.0 Å². The first-order valence-corrected chi connectivity index (χ1v) is 6.93. The van der Waals surface area contributed by atoms with E-state index in [0.29, 0.717) is 19.6 Å². The van der Waals surface area contributed by atoms with Crippen molar-refractivity contribution in [3.63, 3.8) is 0 Å². The van der Waals surface area contributed by atoms with Crippen molar-refractivity contribution in [2.45, 2.75) is 6.54 Å². The molecule has 2 N–H and O–H groups in total. The topological polar surface area (TPSA) is 87.2 Å². The fraction of sp³-hybridized carbons (Fsp3) is 0.200. The maximum Gasteiger partial charge on any atom is 0.325 e. The van der Waals surface area contributed by atoms with E-state index in [9.17, 15) is 9.59 Å². The first kappa shape index (κ1) is 14.0. The van der Waals surface area contributed by atoms with Gasteiger partial charge in [0.25, 0.3) is 0 Å². The van der Waals surface area contributed by atoms with Crippen LogP contribution in [0.25, 0.3) is 11.3 Å². The van der Waals surface area contributed by atoms with Crippen LogP contribution in [0.4, 0.5) is 9.59 Å². The van der Waals surface area contributed by atoms with Gasteiger partial charge in [0.15, 0.2) is 0 Å². The van der Waals surface area contributed by atoms with Gasteiger partial charge in [-0.05, 0) is 23.8 Å². The lowest BCUT2D eigenvalue weighted by atomic mass is 10.1. The minimum atomic E-state index is -0.406. The molecule has 1 aliphatic rings. The molecule has 2 aromatic heterocycles. The van der Waals surface area contributed by atoms with Crippen molar-refractivity contribution in [3.8, 4) is 11.3 Å². The molecule has 1 saturated heterocycles. The third kappa shape index (κ3) is 2.88. The summed E-state index contributed by atoms with van der Waals surface area (Å²) in [6, 6.07) is 6.67. The van der Waals surface area contributed by atoms with E-state index in [1.165, 1.54) is 0 Å². The molecule has 1 fully saturated rings. The van der Waals surface area contributed by atoms with E-state index in [1.807, 2.05) is 24.3 Å². The Hall–Kier alpha value is -2.96. The van der Waals surface area contributed by atoms with E-state index in [0.717, 1.165) is 21.7 Å². The zero-order valence-electron chi connectivity index (χ0n) is 11.8. The molecule has 22 heavy (non-hydrogen) atoms. The molecule has 0 atom stereocenters. The van der Waals surface area contributed by atoms with Crippen LogP contribution >= 0.6 is 0 Å². The Morgan fingerprint density at radius 3 is 2.91 bits per heavy atom. The predicted molar refractivity (Wildman–Crippen MR) is 79.8 cm³/mol. The SMILES string of the molecule is O=C1NCCN1C(=O)NCc1cccnc1-c1cccnc1. The summed E-state index contributed by atoms with van der Waals surface area (Å²) < 4.78 is 0. The molecule has 1 aliphatic heterocycles. The van der Waals surface area contributed by atoms with Crippen LogP contribution in [0.3, 0.4) is 0 Å². The Morgan fingerprint density at radius 2 is 2.18 bits per heavy atom. The van der Waals surface area contributed by atoms with Crippen molar-refractivity contribution >= 4 is 12.1 Å². The highest BCUT2D eigenvalue weighted by Crippen LogP contribution is 2.19. The fourth-order valence-electron chi connectivity index (χ4n) is 2.28. The van der Waals surface area contributed by atoms with Gasteiger partial charge in [-0.15, -0.1) is 0 Å². The molecule has 0 aromatic carbocycles. The van der Waals surface area contributed by atoms with Crippen molar-refractivity contribution in [1.29, 1.82) is 0 Å². The van der Waals surface area contributed by atoms with Gasteiger partial charge in [-0.25, -0.2) is 14.5 Å². The van der Waals surface area contributed by atoms with E-state index >= 15 is 0 Å². The summed E-state index contributed by atoms with van der Waals surface area (Å²) in [6.45, 7) is 1.16. The van der Waals surface area contributed by atoms with Crippen LogP contribution in [0.2, 0.25) is 0 Å². The van der Waals surface area contributed by atoms with Gasteiger partial charge in [0, 0.05) is 43.8 Å². The van der Waals surface area contributed by atoms with Crippen molar-refractivity contribution < 1.29 is 9.59 Å². The minimum absolute atomic E-state index is 0.292. The molecule has 0 radical (unpaired) electrons. The molecule has 3 rings (SSSR count). The highest BCUT2D eigenvalue weighted by molar-refractivity contribution is 5.94. The Kier molecular flexibility index (Phi) is 3.95. The number of rotatable bonds is 3. The van der Waals surface area contributed by atoms with Gasteiger partial charge in [0.2, 0.25) is 0 Å². The van der Waals surface area contributed by atoms with E-state index < -0.39 is 6.03 Å². The summed E-state index contributed by atoms with van der Waals surface area (Å²) in [7, 11) is 0. The third-order valence-corrected chi connectivity index (χ3v) is 3.36. The van der Waals surface area contributed by atoms with Gasteiger partial charge in [-0.1, -0.05) is 6.07 Å². The summed E-state index contributed by atoms with van der Waals surface area (Å²) in [5, 5.41) is 5.34. The second-order valence-electron chi connectivity index (χ2n) is 4.80. The number of hydrogen-bond acceptors (Lipinski definition) is 4. The molecule has 0 bridgehead atoms. The van der Waals surface area contributed by atoms with Crippen LogP contribution in [0.15, 0.2) is 42.9 Å². The number of nitrogens with zero attached hydrogens (tertiary/aromatic N) is 3. The molecule has 2 aromatic rings. The number of amides is 4. The van der Waals surface area contributed by atoms with Crippen molar-refractivity contribution in [3.05, 3.63) is 48.4 Å². The number of pyridine rings is 2. The van der Waals surface area contributed by atoms with Crippen LogP contribution in [0.1, 0.15) is 5.56 Å². The van der Waals surface area contributed by atoms with E-state index in [-0.39, 0.29) is 6.03 Å². The van der Waals surface area contributed by atoms with E-state index in [4.69, 9.17) is 0 Å². The molecule has 0 aliphatic carbocycles. The fourth-order valence-corrected chi connectivity index (χ4v) is 2.28. The Labute approximate surface area is 127 Å². The molecule has 7 heteroatoms. The smallest absolute Gasteiger partial charge is 0.325 e. The average molecular weight is 297 g/mol. The highest BCUT2D eigenvalue weighted by Gasteiger charge is 2.25. The lowest BCUT2D eigenvalue weighted by molar-refractivity contribution is 0.198.